The van der Waals surface area contributed by atoms with Gasteiger partial charge < -0.3 is 5.11 Å². The van der Waals surface area contributed by atoms with E-state index in [9.17, 15) is 19.5 Å². The molecule has 0 spiro atoms. The molecular formula is C17H14O4. The number of phenols is 1. The van der Waals surface area contributed by atoms with Crippen LogP contribution in [0.5, 0.6) is 5.75 Å². The average molecular weight is 282 g/mol. The monoisotopic (exact) mass is 282 g/mol. The number of rotatable bonds is 4. The topological polar surface area (TPSA) is 71.4 Å². The molecule has 0 aliphatic carbocycles. The van der Waals surface area contributed by atoms with Gasteiger partial charge in [-0.15, -0.1) is 0 Å². The van der Waals surface area contributed by atoms with E-state index in [0.29, 0.717) is 11.1 Å². The Morgan fingerprint density at radius 1 is 0.810 bits per heavy atom. The lowest BCUT2D eigenvalue weighted by molar-refractivity contribution is 0.101. The van der Waals surface area contributed by atoms with Crippen LogP contribution in [0.1, 0.15) is 50.5 Å². The van der Waals surface area contributed by atoms with Gasteiger partial charge in [-0.1, -0.05) is 12.1 Å². The lowest BCUT2D eigenvalue weighted by Crippen LogP contribution is -2.07. The third-order valence-corrected chi connectivity index (χ3v) is 3.16. The van der Waals surface area contributed by atoms with E-state index in [1.54, 1.807) is 12.1 Å². The van der Waals surface area contributed by atoms with E-state index in [-0.39, 0.29) is 28.4 Å². The number of aromatic hydroxyl groups is 1. The second-order valence-electron chi connectivity index (χ2n) is 4.76. The zero-order chi connectivity index (χ0) is 15.6. The molecule has 0 atom stereocenters. The van der Waals surface area contributed by atoms with E-state index in [0.717, 1.165) is 0 Å². The molecule has 21 heavy (non-hydrogen) atoms. The normalized spacial score (nSPS) is 10.2. The van der Waals surface area contributed by atoms with E-state index < -0.39 is 5.78 Å². The number of para-hydroxylation sites is 1. The maximum atomic E-state index is 12.4. The van der Waals surface area contributed by atoms with Crippen molar-refractivity contribution in [3.63, 3.8) is 0 Å². The molecule has 0 bridgehead atoms. The van der Waals surface area contributed by atoms with Crippen molar-refractivity contribution in [2.24, 2.45) is 0 Å². The summed E-state index contributed by atoms with van der Waals surface area (Å²) in [6, 6.07) is 10.5. The highest BCUT2D eigenvalue weighted by Gasteiger charge is 2.16. The summed E-state index contributed by atoms with van der Waals surface area (Å²) in [6.07, 6.45) is 0. The molecule has 0 radical (unpaired) electrons. The molecular weight excluding hydrogens is 268 g/mol. The molecule has 4 nitrogen and oxygen atoms in total. The average Bonchev–Trinajstić information content (AvgIpc) is 2.46. The van der Waals surface area contributed by atoms with Crippen LogP contribution in [0.4, 0.5) is 0 Å². The van der Waals surface area contributed by atoms with Gasteiger partial charge in [0.2, 0.25) is 0 Å². The molecule has 0 aromatic heterocycles. The van der Waals surface area contributed by atoms with Gasteiger partial charge in [0.15, 0.2) is 17.3 Å². The highest BCUT2D eigenvalue weighted by Crippen LogP contribution is 2.22. The SMILES string of the molecule is CC(=O)c1cc(C(C)=O)cc(C(=O)c2ccccc2O)c1. The van der Waals surface area contributed by atoms with Gasteiger partial charge in [-0.2, -0.15) is 0 Å². The highest BCUT2D eigenvalue weighted by molar-refractivity contribution is 6.13. The molecule has 1 N–H and O–H groups in total. The van der Waals surface area contributed by atoms with E-state index in [1.807, 2.05) is 0 Å². The molecule has 0 amide bonds. The van der Waals surface area contributed by atoms with Gasteiger partial charge in [0.1, 0.15) is 5.75 Å². The fraction of sp³-hybridized carbons (Fsp3) is 0.118. The van der Waals surface area contributed by atoms with Crippen molar-refractivity contribution in [1.29, 1.82) is 0 Å². The summed E-state index contributed by atoms with van der Waals surface area (Å²) in [4.78, 5) is 35.5. The molecule has 4 heteroatoms. The first kappa shape index (κ1) is 14.7. The van der Waals surface area contributed by atoms with Crippen molar-refractivity contribution >= 4 is 17.3 Å². The second kappa shape index (κ2) is 5.71. The van der Waals surface area contributed by atoms with E-state index in [1.165, 1.54) is 44.2 Å². The molecule has 0 heterocycles. The van der Waals surface area contributed by atoms with Gasteiger partial charge in [0.05, 0.1) is 5.56 Å². The van der Waals surface area contributed by atoms with Crippen LogP contribution in [0.25, 0.3) is 0 Å². The van der Waals surface area contributed by atoms with Crippen LogP contribution in [0.15, 0.2) is 42.5 Å². The minimum Gasteiger partial charge on any atom is -0.507 e. The quantitative estimate of drug-likeness (QED) is 0.875. The van der Waals surface area contributed by atoms with Crippen LogP contribution in [-0.2, 0) is 0 Å². The minimum atomic E-state index is -0.432. The van der Waals surface area contributed by atoms with Gasteiger partial charge in [-0.25, -0.2) is 0 Å². The molecule has 0 saturated heterocycles. The third-order valence-electron chi connectivity index (χ3n) is 3.16. The Balaban J connectivity index is 2.58. The van der Waals surface area contributed by atoms with Crippen LogP contribution in [0.2, 0.25) is 0 Å². The first-order valence-corrected chi connectivity index (χ1v) is 6.40. The Morgan fingerprint density at radius 2 is 1.29 bits per heavy atom. The molecule has 0 aliphatic rings. The number of Topliss-reactive ketones (excluding diaryl/α,β-unsaturated/α-hetero) is 2. The predicted octanol–water partition coefficient (Wildman–Crippen LogP) is 3.03. The zero-order valence-electron chi connectivity index (χ0n) is 11.7. The van der Waals surface area contributed by atoms with Gasteiger partial charge in [0.25, 0.3) is 0 Å². The molecule has 0 unspecified atom stereocenters. The Bertz CT molecular complexity index is 712. The zero-order valence-corrected chi connectivity index (χ0v) is 11.7. The first-order valence-electron chi connectivity index (χ1n) is 6.40. The fourth-order valence-corrected chi connectivity index (χ4v) is 1.99. The maximum absolute atomic E-state index is 12.4. The highest BCUT2D eigenvalue weighted by atomic mass is 16.3. The number of hydrogen-bond acceptors (Lipinski definition) is 4. The summed E-state index contributed by atoms with van der Waals surface area (Å²) in [5.74, 6) is -1.03. The van der Waals surface area contributed by atoms with Crippen LogP contribution in [0, 0.1) is 0 Å². The molecule has 106 valence electrons. The lowest BCUT2D eigenvalue weighted by Gasteiger charge is -2.07. The lowest BCUT2D eigenvalue weighted by atomic mass is 9.96. The minimum absolute atomic E-state index is 0.132. The van der Waals surface area contributed by atoms with Crippen molar-refractivity contribution < 1.29 is 19.5 Å². The summed E-state index contributed by atoms with van der Waals surface area (Å²) in [6.45, 7) is 2.74. The number of carbonyl (C=O) groups is 3. The van der Waals surface area contributed by atoms with Crippen molar-refractivity contribution in [1.82, 2.24) is 0 Å². The van der Waals surface area contributed by atoms with Gasteiger partial charge in [-0.3, -0.25) is 14.4 Å². The first-order chi connectivity index (χ1) is 9.90. The Morgan fingerprint density at radius 3 is 1.76 bits per heavy atom. The van der Waals surface area contributed by atoms with Crippen molar-refractivity contribution in [3.8, 4) is 5.75 Å². The molecule has 0 saturated carbocycles. The van der Waals surface area contributed by atoms with Gasteiger partial charge in [-0.05, 0) is 44.2 Å². The summed E-state index contributed by atoms with van der Waals surface area (Å²) in [5, 5.41) is 9.74. The number of ketones is 3. The van der Waals surface area contributed by atoms with Crippen LogP contribution >= 0.6 is 0 Å². The Kier molecular flexibility index (Phi) is 3.98. The van der Waals surface area contributed by atoms with Crippen LogP contribution < -0.4 is 0 Å². The van der Waals surface area contributed by atoms with E-state index in [4.69, 9.17) is 0 Å². The summed E-state index contributed by atoms with van der Waals surface area (Å²) in [5.41, 5.74) is 0.921. The predicted molar refractivity (Wildman–Crippen MR) is 78.0 cm³/mol. The summed E-state index contributed by atoms with van der Waals surface area (Å²) < 4.78 is 0. The van der Waals surface area contributed by atoms with Gasteiger partial charge in [0, 0.05) is 16.7 Å². The Hall–Kier alpha value is -2.75. The van der Waals surface area contributed by atoms with Crippen molar-refractivity contribution in [3.05, 3.63) is 64.7 Å². The standard InChI is InChI=1S/C17H14O4/c1-10(18)12-7-13(11(2)19)9-14(8-12)17(21)15-5-3-4-6-16(15)20/h3-9,20H,1-2H3. The number of benzene rings is 2. The summed E-state index contributed by atoms with van der Waals surface area (Å²) in [7, 11) is 0. The fourth-order valence-electron chi connectivity index (χ4n) is 1.99. The molecule has 0 fully saturated rings. The van der Waals surface area contributed by atoms with E-state index >= 15 is 0 Å². The molecule has 2 aromatic carbocycles. The third kappa shape index (κ3) is 3.05. The Labute approximate surface area is 122 Å². The maximum Gasteiger partial charge on any atom is 0.196 e. The second-order valence-corrected chi connectivity index (χ2v) is 4.76. The van der Waals surface area contributed by atoms with Crippen LogP contribution in [0.3, 0.4) is 0 Å². The van der Waals surface area contributed by atoms with Crippen molar-refractivity contribution in [2.45, 2.75) is 13.8 Å². The largest absolute Gasteiger partial charge is 0.507 e. The smallest absolute Gasteiger partial charge is 0.196 e. The van der Waals surface area contributed by atoms with E-state index in [2.05, 4.69) is 0 Å². The molecule has 0 aliphatic heterocycles. The number of hydrogen-bond donors (Lipinski definition) is 1. The van der Waals surface area contributed by atoms with Gasteiger partial charge >= 0.3 is 0 Å². The summed E-state index contributed by atoms with van der Waals surface area (Å²) >= 11 is 0. The van der Waals surface area contributed by atoms with Crippen LogP contribution in [-0.4, -0.2) is 22.5 Å². The molecule has 2 rings (SSSR count). The van der Waals surface area contributed by atoms with Crippen molar-refractivity contribution in [2.75, 3.05) is 0 Å². The number of phenolic OH excluding ortho intramolecular Hbond substituents is 1. The molecule has 2 aromatic rings. The number of carbonyl (C=O) groups excluding carboxylic acids is 3.